The van der Waals surface area contributed by atoms with E-state index in [0.717, 1.165) is 26.4 Å². The molecular weight excluding hydrogens is 1240 g/mol. The van der Waals surface area contributed by atoms with Crippen LogP contribution in [0.15, 0.2) is 125 Å². The number of hydrogen-bond donors (Lipinski definition) is 8. The van der Waals surface area contributed by atoms with E-state index in [-0.39, 0.29) is 172 Å². The molecule has 78 heavy (non-hydrogen) atoms. The van der Waals surface area contributed by atoms with Gasteiger partial charge in [0.15, 0.2) is 11.5 Å². The van der Waals surface area contributed by atoms with Crippen molar-refractivity contribution < 1.29 is 81.2 Å². The maximum atomic E-state index is 13.4. The van der Waals surface area contributed by atoms with Crippen LogP contribution < -0.4 is 20.1 Å². The zero-order valence-electron chi connectivity index (χ0n) is 40.6. The molecule has 7 rings (SSSR count). The number of nitrogens with one attached hydrogen (secondary N) is 2. The molecule has 0 aromatic heterocycles. The van der Waals surface area contributed by atoms with Crippen LogP contribution in [0.5, 0.6) is 23.0 Å². The monoisotopic (exact) mass is 1260 g/mol. The van der Waals surface area contributed by atoms with Gasteiger partial charge in [-0.05, 0) is 77.5 Å². The molecule has 7 aromatic rings. The van der Waals surface area contributed by atoms with E-state index in [4.69, 9.17) is 55.9 Å². The van der Waals surface area contributed by atoms with Crippen molar-refractivity contribution >= 4 is 273 Å². The topological polar surface area (TPSA) is 384 Å². The molecule has 0 spiro atoms. The number of azo groups is 2. The van der Waals surface area contributed by atoms with Crippen molar-refractivity contribution in [3.63, 3.8) is 0 Å². The molecule has 0 bridgehead atoms. The van der Waals surface area contributed by atoms with Crippen molar-refractivity contribution in [1.29, 1.82) is 0 Å². The van der Waals surface area contributed by atoms with Gasteiger partial charge in [-0.3, -0.25) is 27.8 Å². The van der Waals surface area contributed by atoms with Crippen LogP contribution in [0, 0.1) is 0 Å². The molecule has 4 radical (unpaired) electrons. The summed E-state index contributed by atoms with van der Waals surface area (Å²) in [7, 11) is -18.8. The van der Waals surface area contributed by atoms with Crippen LogP contribution in [-0.2, 0) is 40.5 Å². The summed E-state index contributed by atoms with van der Waals surface area (Å²) in [4.78, 5) is 22.7. The Balaban J connectivity index is 0.00000400. The SMILES string of the molecule is COc1cc(N=Nc2c(S(=O)(=O)O)cc3cc(S(=O)(=O)O)cc(NC(=O)c4cccc(Cl)c4Cl)c3c2O)c(OC)cc1N=Nc1c(S(=O)(=O)O)cc2cc(S(=O)(=O)O)cc(NC(=O)c3ccc(Cl)cc3Cl)c2c1O.[Na].[Na].[Na].[Na]. The second-order valence-corrected chi connectivity index (χ2v) is 22.2. The van der Waals surface area contributed by atoms with Crippen molar-refractivity contribution in [3.8, 4) is 23.0 Å². The van der Waals surface area contributed by atoms with Crippen LogP contribution in [0.25, 0.3) is 21.5 Å². The predicted molar refractivity (Wildman–Crippen MR) is 290 cm³/mol. The van der Waals surface area contributed by atoms with E-state index in [1.165, 1.54) is 36.4 Å². The standard InChI is InChI=1S/C42H28Cl4N6O18S4.4Na/c1-69-30-16-27(50-52-38-33(74(66,67)68)11-18-9-21(72(60,61)62)14-29(35(18)40(38)54)48-42(56)23-4-3-5-24(44)36(23)46)31(70-2)15-26(30)49-51-37-32(73(63,64)65)10-17-8-20(71(57,58)59)13-28(34(17)39(37)53)47-41(55)22-7-6-19(43)12-25(22)45;;;;/h3-16,53-54H,1-2H3,(H,47,55)(H,48,56)(H,57,58,59)(H,60,61,62)(H,63,64,65)(H,66,67,68);;;;. The Morgan fingerprint density at radius 2 is 0.910 bits per heavy atom. The van der Waals surface area contributed by atoms with Gasteiger partial charge in [0.2, 0.25) is 0 Å². The van der Waals surface area contributed by atoms with Gasteiger partial charge in [-0.15, -0.1) is 20.5 Å². The van der Waals surface area contributed by atoms with Gasteiger partial charge < -0.3 is 30.3 Å². The van der Waals surface area contributed by atoms with E-state index >= 15 is 0 Å². The van der Waals surface area contributed by atoms with Crippen LogP contribution in [0.2, 0.25) is 20.1 Å². The van der Waals surface area contributed by atoms with Crippen molar-refractivity contribution in [2.75, 3.05) is 24.9 Å². The average Bonchev–Trinajstić information content (AvgIpc) is 3.29. The zero-order valence-corrected chi connectivity index (χ0v) is 54.9. The fraction of sp³-hybridized carbons (Fsp3) is 0.0476. The number of halogens is 4. The largest absolute Gasteiger partial charge is 0.505 e. The molecule has 0 saturated carbocycles. The third-order valence-electron chi connectivity index (χ3n) is 10.3. The van der Waals surface area contributed by atoms with E-state index in [1.54, 1.807) is 0 Å². The number of aromatic hydroxyl groups is 2. The second-order valence-electron chi connectivity index (χ2n) is 14.9. The summed E-state index contributed by atoms with van der Waals surface area (Å²) in [5.74, 6) is -4.95. The summed E-state index contributed by atoms with van der Waals surface area (Å²) < 4.78 is 151. The van der Waals surface area contributed by atoms with Crippen LogP contribution in [0.4, 0.5) is 34.1 Å². The van der Waals surface area contributed by atoms with E-state index in [1.807, 2.05) is 0 Å². The molecule has 7 aromatic carbocycles. The molecule has 0 unspecified atom stereocenters. The van der Waals surface area contributed by atoms with E-state index < -0.39 is 128 Å². The van der Waals surface area contributed by atoms with E-state index in [2.05, 4.69) is 31.1 Å². The Morgan fingerprint density at radius 3 is 1.28 bits per heavy atom. The fourth-order valence-corrected chi connectivity index (χ4v) is 10.2. The maximum absolute atomic E-state index is 13.4. The number of benzene rings is 7. The Labute approximate surface area is 550 Å². The third kappa shape index (κ3) is 15.2. The van der Waals surface area contributed by atoms with Crippen molar-refractivity contribution in [1.82, 2.24) is 0 Å². The van der Waals surface area contributed by atoms with Gasteiger partial charge in [-0.1, -0.05) is 52.5 Å². The summed E-state index contributed by atoms with van der Waals surface area (Å²) in [6, 6.07) is 13.8. The molecule has 0 aliphatic carbocycles. The summed E-state index contributed by atoms with van der Waals surface area (Å²) in [6.07, 6.45) is 0. The number of hydrogen-bond acceptors (Lipinski definition) is 18. The Bertz CT molecular complexity index is 4150. The van der Waals surface area contributed by atoms with Gasteiger partial charge in [0, 0.05) is 146 Å². The molecule has 0 saturated heterocycles. The first kappa shape index (κ1) is 69.5. The minimum Gasteiger partial charge on any atom is -0.505 e. The molecule has 36 heteroatoms. The molecule has 8 N–H and O–H groups in total. The summed E-state index contributed by atoms with van der Waals surface area (Å²) in [6.45, 7) is 0. The van der Waals surface area contributed by atoms with Gasteiger partial charge in [0.05, 0.1) is 61.6 Å². The third-order valence-corrected chi connectivity index (χ3v) is 15.0. The molecule has 0 heterocycles. The number of methoxy groups -OCH3 is 2. The minimum absolute atomic E-state index is 0. The first-order chi connectivity index (χ1) is 34.4. The fourth-order valence-electron chi connectivity index (χ4n) is 6.96. The molecule has 0 aliphatic heterocycles. The molecule has 0 aliphatic rings. The van der Waals surface area contributed by atoms with Gasteiger partial charge in [0.1, 0.15) is 44.0 Å². The van der Waals surface area contributed by atoms with Crippen molar-refractivity contribution in [2.45, 2.75) is 19.6 Å². The Hall–Kier alpha value is -2.80. The van der Waals surface area contributed by atoms with Gasteiger partial charge >= 0.3 is 0 Å². The summed E-state index contributed by atoms with van der Waals surface area (Å²) in [5, 5.41) is 41.2. The number of fused-ring (bicyclic) bond motifs is 2. The number of rotatable bonds is 14. The summed E-state index contributed by atoms with van der Waals surface area (Å²) in [5.41, 5.74) is -4.33. The predicted octanol–water partition coefficient (Wildman–Crippen LogP) is 8.83. The quantitative estimate of drug-likeness (QED) is 0.0286. The number of carbonyl (C=O) groups is 2. The van der Waals surface area contributed by atoms with Gasteiger partial charge in [-0.25, -0.2) is 0 Å². The number of ether oxygens (including phenoxy) is 2. The number of carbonyl (C=O) groups excluding carboxylic acids is 2. The van der Waals surface area contributed by atoms with Crippen LogP contribution in [-0.4, -0.2) is 206 Å². The van der Waals surface area contributed by atoms with Gasteiger partial charge in [0.25, 0.3) is 52.3 Å². The second kappa shape index (κ2) is 27.1. The van der Waals surface area contributed by atoms with Crippen molar-refractivity contribution in [3.05, 3.63) is 116 Å². The zero-order chi connectivity index (χ0) is 54.6. The number of phenols is 2. The minimum atomic E-state index is -5.40. The van der Waals surface area contributed by atoms with E-state index in [0.29, 0.717) is 36.4 Å². The number of anilines is 2. The Kier molecular flexibility index (Phi) is 24.1. The Morgan fingerprint density at radius 1 is 0.500 bits per heavy atom. The molecule has 390 valence electrons. The number of phenolic OH excluding ortho intramolecular Hbond substituents is 2. The van der Waals surface area contributed by atoms with Crippen LogP contribution in [0.1, 0.15) is 20.7 Å². The van der Waals surface area contributed by atoms with Crippen LogP contribution >= 0.6 is 46.4 Å². The smallest absolute Gasteiger partial charge is 0.296 e. The molecule has 0 atom stereocenters. The summed E-state index contributed by atoms with van der Waals surface area (Å²) >= 11 is 24.4. The van der Waals surface area contributed by atoms with Crippen molar-refractivity contribution in [2.24, 2.45) is 20.5 Å². The van der Waals surface area contributed by atoms with E-state index in [9.17, 15) is 71.7 Å². The maximum Gasteiger partial charge on any atom is 0.296 e. The van der Waals surface area contributed by atoms with Gasteiger partial charge in [-0.2, -0.15) is 33.7 Å². The first-order valence-corrected chi connectivity index (χ1v) is 26.9. The molecule has 24 nitrogen and oxygen atoms in total. The normalized spacial score (nSPS) is 11.8. The number of amides is 2. The molecular formula is C42H28Cl4N6Na4O18S4. The molecule has 0 fully saturated rings. The molecule has 2 amide bonds. The average molecular weight is 1270 g/mol. The van der Waals surface area contributed by atoms with Crippen LogP contribution in [0.3, 0.4) is 0 Å². The number of nitrogens with zero attached hydrogens (tertiary/aromatic N) is 4. The first-order valence-electron chi connectivity index (χ1n) is 19.6.